The molecule has 98 valence electrons. The lowest BCUT2D eigenvalue weighted by atomic mass is 9.88. The fourth-order valence-electron chi connectivity index (χ4n) is 1.25. The van der Waals surface area contributed by atoms with Crippen molar-refractivity contribution in [2.75, 3.05) is 31.3 Å². The van der Waals surface area contributed by atoms with E-state index in [1.807, 2.05) is 19.0 Å². The molecule has 0 fully saturated rings. The third kappa shape index (κ3) is 5.23. The van der Waals surface area contributed by atoms with E-state index in [1.54, 1.807) is 23.1 Å². The van der Waals surface area contributed by atoms with Gasteiger partial charge in [0.15, 0.2) is 4.34 Å². The highest BCUT2D eigenvalue weighted by Crippen LogP contribution is 2.29. The molecule has 0 radical (unpaired) electrons. The number of thioether (sulfide) groups is 1. The number of hydrogen-bond donors (Lipinski definition) is 1. The molecule has 0 aliphatic carbocycles. The highest BCUT2D eigenvalue weighted by molar-refractivity contribution is 8.01. The van der Waals surface area contributed by atoms with Crippen LogP contribution in [0.4, 0.5) is 5.13 Å². The fourth-order valence-corrected chi connectivity index (χ4v) is 3.03. The van der Waals surface area contributed by atoms with Crippen LogP contribution in [-0.4, -0.2) is 36.6 Å². The SMILES string of the molecule is CN(C)c1nnc(SCCCC(C)(C)CN)s1. The first kappa shape index (κ1) is 14.7. The number of hydrogen-bond acceptors (Lipinski definition) is 6. The van der Waals surface area contributed by atoms with Crippen LogP contribution in [0.25, 0.3) is 0 Å². The Kier molecular flexibility index (Phi) is 5.69. The van der Waals surface area contributed by atoms with E-state index in [0.29, 0.717) is 0 Å². The molecule has 0 bridgehead atoms. The Morgan fingerprint density at radius 1 is 1.35 bits per heavy atom. The number of rotatable bonds is 7. The van der Waals surface area contributed by atoms with E-state index in [9.17, 15) is 0 Å². The van der Waals surface area contributed by atoms with E-state index in [0.717, 1.165) is 28.2 Å². The Morgan fingerprint density at radius 2 is 2.06 bits per heavy atom. The van der Waals surface area contributed by atoms with Gasteiger partial charge in [-0.05, 0) is 24.8 Å². The second-order valence-corrected chi connectivity index (χ2v) is 7.36. The van der Waals surface area contributed by atoms with Crippen molar-refractivity contribution in [3.8, 4) is 0 Å². The van der Waals surface area contributed by atoms with Gasteiger partial charge >= 0.3 is 0 Å². The molecule has 1 heterocycles. The van der Waals surface area contributed by atoms with Crippen LogP contribution in [0.2, 0.25) is 0 Å². The summed E-state index contributed by atoms with van der Waals surface area (Å²) < 4.78 is 1.05. The summed E-state index contributed by atoms with van der Waals surface area (Å²) in [6.45, 7) is 5.18. The van der Waals surface area contributed by atoms with Crippen LogP contribution in [-0.2, 0) is 0 Å². The lowest BCUT2D eigenvalue weighted by Crippen LogP contribution is -2.23. The highest BCUT2D eigenvalue weighted by Gasteiger charge is 2.14. The number of nitrogens with two attached hydrogens (primary N) is 1. The molecule has 0 unspecified atom stereocenters. The highest BCUT2D eigenvalue weighted by atomic mass is 32.2. The second-order valence-electron chi connectivity index (χ2n) is 5.07. The van der Waals surface area contributed by atoms with E-state index < -0.39 is 0 Å². The molecule has 6 heteroatoms. The predicted molar refractivity (Wildman–Crippen MR) is 77.0 cm³/mol. The van der Waals surface area contributed by atoms with E-state index in [4.69, 9.17) is 5.73 Å². The summed E-state index contributed by atoms with van der Waals surface area (Å²) in [5.74, 6) is 1.09. The Hall–Kier alpha value is -0.330. The topological polar surface area (TPSA) is 55.0 Å². The van der Waals surface area contributed by atoms with Gasteiger partial charge in [0.1, 0.15) is 0 Å². The van der Waals surface area contributed by atoms with Gasteiger partial charge in [0, 0.05) is 19.8 Å². The van der Waals surface area contributed by atoms with Crippen LogP contribution in [0, 0.1) is 5.41 Å². The zero-order valence-corrected chi connectivity index (χ0v) is 12.7. The molecule has 0 saturated heterocycles. The summed E-state index contributed by atoms with van der Waals surface area (Å²) in [7, 11) is 3.97. The quantitative estimate of drug-likeness (QED) is 0.611. The maximum Gasteiger partial charge on any atom is 0.208 e. The van der Waals surface area contributed by atoms with Gasteiger partial charge in [0.2, 0.25) is 5.13 Å². The van der Waals surface area contributed by atoms with Crippen LogP contribution >= 0.6 is 23.1 Å². The van der Waals surface area contributed by atoms with E-state index in [2.05, 4.69) is 24.0 Å². The first-order chi connectivity index (χ1) is 7.94. The molecule has 17 heavy (non-hydrogen) atoms. The van der Waals surface area contributed by atoms with E-state index in [-0.39, 0.29) is 5.41 Å². The van der Waals surface area contributed by atoms with Crippen molar-refractivity contribution < 1.29 is 0 Å². The molecule has 0 saturated carbocycles. The molecule has 0 aliphatic heterocycles. The average molecular weight is 274 g/mol. The Balaban J connectivity index is 2.26. The fraction of sp³-hybridized carbons (Fsp3) is 0.818. The maximum absolute atomic E-state index is 5.70. The second kappa shape index (κ2) is 6.56. The van der Waals surface area contributed by atoms with Crippen LogP contribution in [0.5, 0.6) is 0 Å². The van der Waals surface area contributed by atoms with Gasteiger partial charge in [-0.3, -0.25) is 0 Å². The molecule has 1 aromatic rings. The van der Waals surface area contributed by atoms with Gasteiger partial charge < -0.3 is 10.6 Å². The smallest absolute Gasteiger partial charge is 0.208 e. The van der Waals surface area contributed by atoms with Crippen LogP contribution in [0.1, 0.15) is 26.7 Å². The average Bonchev–Trinajstić information content (AvgIpc) is 2.73. The molecule has 4 nitrogen and oxygen atoms in total. The molecular formula is C11H22N4S2. The van der Waals surface area contributed by atoms with Crippen molar-refractivity contribution in [1.82, 2.24) is 10.2 Å². The summed E-state index contributed by atoms with van der Waals surface area (Å²) in [6.07, 6.45) is 2.33. The summed E-state index contributed by atoms with van der Waals surface area (Å²) in [5, 5.41) is 9.24. The minimum Gasteiger partial charge on any atom is -0.353 e. The number of anilines is 1. The normalized spacial score (nSPS) is 11.8. The molecule has 0 aliphatic rings. The van der Waals surface area contributed by atoms with E-state index in [1.165, 1.54) is 6.42 Å². The molecule has 0 amide bonds. The Bertz CT molecular complexity index is 336. The van der Waals surface area contributed by atoms with Crippen molar-refractivity contribution in [3.63, 3.8) is 0 Å². The zero-order chi connectivity index (χ0) is 12.9. The summed E-state index contributed by atoms with van der Waals surface area (Å²) in [6, 6.07) is 0. The van der Waals surface area contributed by atoms with Gasteiger partial charge in [0.25, 0.3) is 0 Å². The lowest BCUT2D eigenvalue weighted by Gasteiger charge is -2.21. The number of aromatic nitrogens is 2. The van der Waals surface area contributed by atoms with Crippen LogP contribution < -0.4 is 10.6 Å². The summed E-state index contributed by atoms with van der Waals surface area (Å²) >= 11 is 3.43. The minimum atomic E-state index is 0.260. The summed E-state index contributed by atoms with van der Waals surface area (Å²) in [5.41, 5.74) is 5.96. The van der Waals surface area contributed by atoms with Crippen LogP contribution in [0.15, 0.2) is 4.34 Å². The molecule has 1 aromatic heterocycles. The van der Waals surface area contributed by atoms with Crippen molar-refractivity contribution in [2.45, 2.75) is 31.0 Å². The summed E-state index contributed by atoms with van der Waals surface area (Å²) in [4.78, 5) is 1.99. The molecule has 0 spiro atoms. The van der Waals surface area contributed by atoms with Crippen molar-refractivity contribution in [1.29, 1.82) is 0 Å². The maximum atomic E-state index is 5.70. The molecule has 1 rings (SSSR count). The first-order valence-electron chi connectivity index (χ1n) is 5.78. The minimum absolute atomic E-state index is 0.260. The number of nitrogens with zero attached hydrogens (tertiary/aromatic N) is 3. The lowest BCUT2D eigenvalue weighted by molar-refractivity contribution is 0.345. The monoisotopic (exact) mass is 274 g/mol. The van der Waals surface area contributed by atoms with Crippen molar-refractivity contribution in [3.05, 3.63) is 0 Å². The van der Waals surface area contributed by atoms with Gasteiger partial charge in [-0.2, -0.15) is 0 Å². The Labute approximate surface area is 112 Å². The molecular weight excluding hydrogens is 252 g/mol. The zero-order valence-electron chi connectivity index (χ0n) is 11.1. The Morgan fingerprint density at radius 3 is 2.59 bits per heavy atom. The van der Waals surface area contributed by atoms with E-state index >= 15 is 0 Å². The van der Waals surface area contributed by atoms with Crippen molar-refractivity contribution >= 4 is 28.2 Å². The standard InChI is InChI=1S/C11H22N4S2/c1-11(2,8-12)6-5-7-16-10-14-13-9(17-10)15(3)4/h5-8,12H2,1-4H3. The third-order valence-corrected chi connectivity index (χ3v) is 4.86. The molecule has 0 aromatic carbocycles. The predicted octanol–water partition coefficient (Wildman–Crippen LogP) is 2.46. The van der Waals surface area contributed by atoms with Crippen molar-refractivity contribution in [2.24, 2.45) is 11.1 Å². The van der Waals surface area contributed by atoms with Crippen LogP contribution in [0.3, 0.4) is 0 Å². The largest absolute Gasteiger partial charge is 0.353 e. The molecule has 0 atom stereocenters. The molecule has 2 N–H and O–H groups in total. The van der Waals surface area contributed by atoms with Gasteiger partial charge in [0.05, 0.1) is 0 Å². The van der Waals surface area contributed by atoms with Gasteiger partial charge in [-0.25, -0.2) is 0 Å². The third-order valence-electron chi connectivity index (χ3n) is 2.55. The van der Waals surface area contributed by atoms with Gasteiger partial charge in [-0.15, -0.1) is 10.2 Å². The van der Waals surface area contributed by atoms with Gasteiger partial charge in [-0.1, -0.05) is 36.9 Å². The first-order valence-corrected chi connectivity index (χ1v) is 7.58.